The van der Waals surface area contributed by atoms with Crippen LogP contribution in [0.5, 0.6) is 0 Å². The maximum Gasteiger partial charge on any atom is 0.240 e. The van der Waals surface area contributed by atoms with Crippen LogP contribution in [-0.2, 0) is 4.79 Å². The summed E-state index contributed by atoms with van der Waals surface area (Å²) in [6, 6.07) is 8.36. The Kier molecular flexibility index (Phi) is 4.19. The van der Waals surface area contributed by atoms with Crippen molar-refractivity contribution >= 4 is 5.91 Å². The molecule has 104 valence electrons. The Morgan fingerprint density at radius 2 is 1.89 bits per heavy atom. The molecule has 0 aliphatic carbocycles. The third kappa shape index (κ3) is 2.78. The minimum absolute atomic E-state index is 0.0401. The molecule has 3 atom stereocenters. The fraction of sp³-hybridized carbons (Fsp3) is 0.500. The highest BCUT2D eigenvalue weighted by Crippen LogP contribution is 2.29. The maximum absolute atomic E-state index is 11.9. The van der Waals surface area contributed by atoms with E-state index in [1.807, 2.05) is 6.92 Å². The van der Waals surface area contributed by atoms with E-state index in [1.165, 1.54) is 5.56 Å². The Bertz CT molecular complexity index is 443. The molecular weight excluding hydrogens is 240 g/mol. The van der Waals surface area contributed by atoms with Gasteiger partial charge in [-0.15, -0.1) is 0 Å². The van der Waals surface area contributed by atoms with Crippen LogP contribution in [0.25, 0.3) is 0 Å². The van der Waals surface area contributed by atoms with Crippen molar-refractivity contribution < 1.29 is 4.79 Å². The van der Waals surface area contributed by atoms with Crippen molar-refractivity contribution in [2.75, 3.05) is 0 Å². The van der Waals surface area contributed by atoms with Crippen molar-refractivity contribution in [3.8, 4) is 0 Å². The monoisotopic (exact) mass is 262 g/mol. The van der Waals surface area contributed by atoms with E-state index in [2.05, 4.69) is 54.4 Å². The van der Waals surface area contributed by atoms with Crippen molar-refractivity contribution in [2.24, 2.45) is 11.8 Å². The predicted octanol–water partition coefficient (Wildman–Crippen LogP) is 0.954. The first-order valence-corrected chi connectivity index (χ1v) is 6.66. The van der Waals surface area contributed by atoms with Gasteiger partial charge < -0.3 is 0 Å². The quantitative estimate of drug-likeness (QED) is 0.371. The molecule has 5 heteroatoms. The number of benzene rings is 1. The third-order valence-corrected chi connectivity index (χ3v) is 3.77. The van der Waals surface area contributed by atoms with Crippen LogP contribution in [0.15, 0.2) is 24.3 Å². The van der Waals surface area contributed by atoms with Crippen LogP contribution in [0, 0.1) is 5.92 Å². The Labute approximate surface area is 113 Å². The molecule has 5 N–H and O–H groups in total. The van der Waals surface area contributed by atoms with E-state index in [0.717, 1.165) is 5.56 Å². The lowest BCUT2D eigenvalue weighted by atomic mass is 9.88. The molecular formula is C14H22N4O. The van der Waals surface area contributed by atoms with Crippen molar-refractivity contribution in [3.63, 3.8) is 0 Å². The number of nitrogens with two attached hydrogens (primary N) is 1. The second kappa shape index (κ2) is 5.69. The van der Waals surface area contributed by atoms with E-state index in [0.29, 0.717) is 5.92 Å². The summed E-state index contributed by atoms with van der Waals surface area (Å²) in [4.78, 5) is 11.9. The summed E-state index contributed by atoms with van der Waals surface area (Å²) >= 11 is 0. The molecule has 1 aliphatic heterocycles. The highest BCUT2D eigenvalue weighted by molar-refractivity contribution is 5.80. The van der Waals surface area contributed by atoms with Crippen LogP contribution in [0.1, 0.15) is 43.9 Å². The molecule has 0 saturated carbocycles. The van der Waals surface area contributed by atoms with Crippen molar-refractivity contribution in [3.05, 3.63) is 35.4 Å². The highest BCUT2D eigenvalue weighted by Gasteiger charge is 2.38. The minimum atomic E-state index is -0.213. The van der Waals surface area contributed by atoms with Gasteiger partial charge in [0.2, 0.25) is 5.91 Å². The number of amides is 1. The molecule has 0 radical (unpaired) electrons. The van der Waals surface area contributed by atoms with Gasteiger partial charge >= 0.3 is 0 Å². The van der Waals surface area contributed by atoms with Crippen LogP contribution >= 0.6 is 0 Å². The van der Waals surface area contributed by atoms with Gasteiger partial charge in [0.15, 0.2) is 0 Å². The fourth-order valence-corrected chi connectivity index (χ4v) is 2.54. The summed E-state index contributed by atoms with van der Waals surface area (Å²) in [6.07, 6.45) is 0. The van der Waals surface area contributed by atoms with E-state index in [1.54, 1.807) is 0 Å². The smallest absolute Gasteiger partial charge is 0.240 e. The Morgan fingerprint density at radius 1 is 1.26 bits per heavy atom. The molecule has 0 bridgehead atoms. The summed E-state index contributed by atoms with van der Waals surface area (Å²) in [6.45, 7) is 6.30. The first-order valence-electron chi connectivity index (χ1n) is 6.66. The van der Waals surface area contributed by atoms with Gasteiger partial charge in [-0.2, -0.15) is 0 Å². The van der Waals surface area contributed by atoms with Crippen LogP contribution in [0.2, 0.25) is 0 Å². The molecule has 1 aromatic carbocycles. The van der Waals surface area contributed by atoms with Crippen LogP contribution in [0.4, 0.5) is 0 Å². The average Bonchev–Trinajstić information content (AvgIpc) is 2.80. The Hall–Kier alpha value is -1.43. The second-order valence-electron chi connectivity index (χ2n) is 5.41. The highest BCUT2D eigenvalue weighted by atomic mass is 16.2. The fourth-order valence-electron chi connectivity index (χ4n) is 2.54. The Morgan fingerprint density at radius 3 is 2.42 bits per heavy atom. The lowest BCUT2D eigenvalue weighted by molar-refractivity contribution is -0.125. The van der Waals surface area contributed by atoms with E-state index in [9.17, 15) is 4.79 Å². The van der Waals surface area contributed by atoms with E-state index in [-0.39, 0.29) is 23.9 Å². The van der Waals surface area contributed by atoms with Gasteiger partial charge in [-0.05, 0) is 24.0 Å². The number of carbonyl (C=O) groups excluding carboxylic acids is 1. The van der Waals surface area contributed by atoms with Crippen LogP contribution in [0.3, 0.4) is 0 Å². The molecule has 3 unspecified atom stereocenters. The van der Waals surface area contributed by atoms with E-state index >= 15 is 0 Å². The Balaban J connectivity index is 2.22. The van der Waals surface area contributed by atoms with Crippen LogP contribution < -0.4 is 22.1 Å². The zero-order chi connectivity index (χ0) is 14.0. The molecule has 1 saturated heterocycles. The number of carbonyl (C=O) groups is 1. The molecule has 2 rings (SSSR count). The van der Waals surface area contributed by atoms with Gasteiger partial charge in [0.05, 0.1) is 12.0 Å². The molecule has 19 heavy (non-hydrogen) atoms. The largest absolute Gasteiger partial charge is 0.294 e. The number of hydrogen-bond donors (Lipinski definition) is 4. The summed E-state index contributed by atoms with van der Waals surface area (Å²) in [7, 11) is 0. The number of hydrogen-bond acceptors (Lipinski definition) is 4. The van der Waals surface area contributed by atoms with Crippen molar-refractivity contribution in [2.45, 2.75) is 38.8 Å². The van der Waals surface area contributed by atoms with Gasteiger partial charge in [-0.1, -0.05) is 38.1 Å². The third-order valence-electron chi connectivity index (χ3n) is 3.77. The molecule has 1 aromatic rings. The lowest BCUT2D eigenvalue weighted by Crippen LogP contribution is -2.41. The summed E-state index contributed by atoms with van der Waals surface area (Å²) in [5, 5.41) is 0. The molecule has 1 fully saturated rings. The summed E-state index contributed by atoms with van der Waals surface area (Å²) < 4.78 is 0. The van der Waals surface area contributed by atoms with Gasteiger partial charge in [-0.25, -0.2) is 11.3 Å². The summed E-state index contributed by atoms with van der Waals surface area (Å²) in [5.41, 5.74) is 10.9. The first kappa shape index (κ1) is 14.0. The minimum Gasteiger partial charge on any atom is -0.294 e. The summed E-state index contributed by atoms with van der Waals surface area (Å²) in [5.74, 6) is 5.41. The predicted molar refractivity (Wildman–Crippen MR) is 74.8 cm³/mol. The molecule has 1 amide bonds. The topological polar surface area (TPSA) is 79.2 Å². The number of rotatable bonds is 3. The van der Waals surface area contributed by atoms with Gasteiger partial charge in [0.25, 0.3) is 0 Å². The maximum atomic E-state index is 11.9. The molecule has 1 aliphatic rings. The molecule has 0 aromatic heterocycles. The van der Waals surface area contributed by atoms with Crippen LogP contribution in [-0.4, -0.2) is 11.9 Å². The van der Waals surface area contributed by atoms with Gasteiger partial charge in [0, 0.05) is 6.04 Å². The van der Waals surface area contributed by atoms with Crippen molar-refractivity contribution in [1.82, 2.24) is 16.3 Å². The lowest BCUT2D eigenvalue weighted by Gasteiger charge is -2.20. The molecule has 1 heterocycles. The molecule has 0 spiro atoms. The second-order valence-corrected chi connectivity index (χ2v) is 5.41. The van der Waals surface area contributed by atoms with E-state index < -0.39 is 0 Å². The standard InChI is InChI=1S/C14H22N4O/c1-8(2)10-4-6-11(7-5-10)13-12(14(19)16-15)9(3)17-18-13/h4-9,12-13,17-18H,15H2,1-3H3,(H,16,19). The molecule has 5 nitrogen and oxygen atoms in total. The SMILES string of the molecule is CC(C)c1ccc(C2NNC(C)C2C(=O)NN)cc1. The van der Waals surface area contributed by atoms with Gasteiger partial charge in [0.1, 0.15) is 0 Å². The van der Waals surface area contributed by atoms with Gasteiger partial charge in [-0.3, -0.25) is 15.6 Å². The average molecular weight is 262 g/mol. The normalized spacial score (nSPS) is 26.7. The van der Waals surface area contributed by atoms with Crippen molar-refractivity contribution in [1.29, 1.82) is 0 Å². The first-order chi connectivity index (χ1) is 9.04. The van der Waals surface area contributed by atoms with E-state index in [4.69, 9.17) is 5.84 Å². The zero-order valence-electron chi connectivity index (χ0n) is 11.6. The zero-order valence-corrected chi connectivity index (χ0v) is 11.6. The number of nitrogens with one attached hydrogen (secondary N) is 3. The number of hydrazine groups is 2.